The Kier molecular flexibility index (Phi) is 5.54. The van der Waals surface area contributed by atoms with Crippen LogP contribution in [0.25, 0.3) is 16.9 Å². The maximum absolute atomic E-state index is 11.9. The van der Waals surface area contributed by atoms with Gasteiger partial charge in [0.15, 0.2) is 5.69 Å². The molecule has 3 N–H and O–H groups in total. The van der Waals surface area contributed by atoms with E-state index >= 15 is 0 Å². The van der Waals surface area contributed by atoms with Crippen LogP contribution in [0.3, 0.4) is 0 Å². The first-order valence-corrected chi connectivity index (χ1v) is 9.66. The summed E-state index contributed by atoms with van der Waals surface area (Å²) in [6, 6.07) is 15.9. The second kappa shape index (κ2) is 8.44. The molecule has 4 aromatic rings. The van der Waals surface area contributed by atoms with Gasteiger partial charge in [0.2, 0.25) is 0 Å². The van der Waals surface area contributed by atoms with Crippen LogP contribution in [0, 0.1) is 11.3 Å². The number of carbonyl (C=O) groups excluding carboxylic acids is 1. The number of nitrogens with one attached hydrogen (secondary N) is 1. The summed E-state index contributed by atoms with van der Waals surface area (Å²) in [4.78, 5) is 11.9. The minimum absolute atomic E-state index is 0.0285. The summed E-state index contributed by atoms with van der Waals surface area (Å²) in [6.45, 7) is 0. The van der Waals surface area contributed by atoms with Gasteiger partial charge in [-0.05, 0) is 30.3 Å². The van der Waals surface area contributed by atoms with Gasteiger partial charge in [0.25, 0.3) is 5.91 Å². The lowest BCUT2D eigenvalue weighted by molar-refractivity contribution is 0.0996. The molecule has 0 radical (unpaired) electrons. The largest absolute Gasteiger partial charge is 0.364 e. The van der Waals surface area contributed by atoms with Crippen molar-refractivity contribution in [2.75, 3.05) is 5.32 Å². The standard InChI is InChI=1S/C21H13Cl2N7O/c22-15-2-1-3-16(23)20(15)30-11-17(19(29-30)21(25)31)27-14-6-4-12(5-7-14)18-13(10-24)8-9-26-28-18/h1-9,11,27H,(H2,25,31). The summed E-state index contributed by atoms with van der Waals surface area (Å²) in [6.07, 6.45) is 3.05. The van der Waals surface area contributed by atoms with Crippen molar-refractivity contribution in [2.45, 2.75) is 0 Å². The predicted molar refractivity (Wildman–Crippen MR) is 118 cm³/mol. The van der Waals surface area contributed by atoms with Crippen LogP contribution < -0.4 is 11.1 Å². The zero-order valence-electron chi connectivity index (χ0n) is 15.8. The third-order valence-electron chi connectivity index (χ3n) is 4.39. The number of primary amides is 1. The Morgan fingerprint density at radius 1 is 1.10 bits per heavy atom. The zero-order valence-corrected chi connectivity index (χ0v) is 17.3. The summed E-state index contributed by atoms with van der Waals surface area (Å²) >= 11 is 12.5. The lowest BCUT2D eigenvalue weighted by Gasteiger charge is -2.07. The predicted octanol–water partition coefficient (Wildman–Crippen LogP) is 4.35. The van der Waals surface area contributed by atoms with Gasteiger partial charge in [0, 0.05) is 11.3 Å². The Balaban J connectivity index is 1.67. The molecule has 0 aliphatic heterocycles. The molecule has 0 bridgehead atoms. The topological polar surface area (TPSA) is 123 Å². The number of carbonyl (C=O) groups is 1. The van der Waals surface area contributed by atoms with E-state index in [0.29, 0.717) is 38.4 Å². The normalized spacial score (nSPS) is 10.5. The summed E-state index contributed by atoms with van der Waals surface area (Å²) in [5, 5.41) is 25.2. The number of hydrogen-bond acceptors (Lipinski definition) is 6. The first kappa shape index (κ1) is 20.3. The molecular weight excluding hydrogens is 437 g/mol. The Bertz CT molecular complexity index is 1310. The van der Waals surface area contributed by atoms with Crippen molar-refractivity contribution in [3.05, 3.63) is 82.2 Å². The summed E-state index contributed by atoms with van der Waals surface area (Å²) in [7, 11) is 0. The van der Waals surface area contributed by atoms with Crippen LogP contribution in [0.5, 0.6) is 0 Å². The molecule has 2 aromatic carbocycles. The van der Waals surface area contributed by atoms with Crippen molar-refractivity contribution < 1.29 is 4.79 Å². The van der Waals surface area contributed by atoms with Gasteiger partial charge in [0.1, 0.15) is 17.5 Å². The molecular formula is C21H13Cl2N7O. The molecule has 10 heteroatoms. The van der Waals surface area contributed by atoms with Crippen molar-refractivity contribution in [2.24, 2.45) is 5.73 Å². The van der Waals surface area contributed by atoms with E-state index in [4.69, 9.17) is 28.9 Å². The van der Waals surface area contributed by atoms with Crippen molar-refractivity contribution in [1.29, 1.82) is 5.26 Å². The average Bonchev–Trinajstić information content (AvgIpc) is 3.17. The lowest BCUT2D eigenvalue weighted by atomic mass is 10.1. The molecule has 0 unspecified atom stereocenters. The maximum atomic E-state index is 11.9. The molecule has 0 spiro atoms. The van der Waals surface area contributed by atoms with Crippen LogP contribution in [0.2, 0.25) is 10.0 Å². The third-order valence-corrected chi connectivity index (χ3v) is 5.00. The van der Waals surface area contributed by atoms with Crippen LogP contribution in [-0.4, -0.2) is 25.9 Å². The molecule has 0 saturated carbocycles. The molecule has 152 valence electrons. The van der Waals surface area contributed by atoms with E-state index in [1.807, 2.05) is 0 Å². The number of benzene rings is 2. The highest BCUT2D eigenvalue weighted by molar-refractivity contribution is 6.37. The fourth-order valence-electron chi connectivity index (χ4n) is 2.97. The number of rotatable bonds is 5. The molecule has 2 aromatic heterocycles. The Labute approximate surface area is 186 Å². The van der Waals surface area contributed by atoms with Crippen molar-refractivity contribution in [1.82, 2.24) is 20.0 Å². The van der Waals surface area contributed by atoms with E-state index in [1.54, 1.807) is 54.7 Å². The van der Waals surface area contributed by atoms with E-state index in [9.17, 15) is 10.1 Å². The van der Waals surface area contributed by atoms with E-state index in [0.717, 1.165) is 5.56 Å². The van der Waals surface area contributed by atoms with Gasteiger partial charge in [-0.15, -0.1) is 5.10 Å². The highest BCUT2D eigenvalue weighted by Gasteiger charge is 2.18. The molecule has 2 heterocycles. The quantitative estimate of drug-likeness (QED) is 0.466. The second-order valence-corrected chi connectivity index (χ2v) is 7.19. The average molecular weight is 450 g/mol. The third kappa shape index (κ3) is 4.05. The fraction of sp³-hybridized carbons (Fsp3) is 0. The van der Waals surface area contributed by atoms with Crippen LogP contribution >= 0.6 is 23.2 Å². The molecule has 1 amide bonds. The SMILES string of the molecule is N#Cc1ccnnc1-c1ccc(Nc2cn(-c3c(Cl)cccc3Cl)nc2C(N)=O)cc1. The summed E-state index contributed by atoms with van der Waals surface area (Å²) < 4.78 is 1.40. The highest BCUT2D eigenvalue weighted by atomic mass is 35.5. The van der Waals surface area contributed by atoms with Gasteiger partial charge in [-0.25, -0.2) is 4.68 Å². The van der Waals surface area contributed by atoms with Gasteiger partial charge in [-0.1, -0.05) is 41.4 Å². The Morgan fingerprint density at radius 3 is 2.45 bits per heavy atom. The Hall–Kier alpha value is -3.93. The lowest BCUT2D eigenvalue weighted by Crippen LogP contribution is -2.14. The molecule has 31 heavy (non-hydrogen) atoms. The van der Waals surface area contributed by atoms with E-state index in [-0.39, 0.29) is 5.69 Å². The first-order chi connectivity index (χ1) is 15.0. The summed E-state index contributed by atoms with van der Waals surface area (Å²) in [5.74, 6) is -0.709. The summed E-state index contributed by atoms with van der Waals surface area (Å²) in [5.41, 5.74) is 8.64. The molecule has 8 nitrogen and oxygen atoms in total. The van der Waals surface area contributed by atoms with Gasteiger partial charge in [-0.2, -0.15) is 15.5 Å². The molecule has 0 fully saturated rings. The minimum Gasteiger partial charge on any atom is -0.364 e. The highest BCUT2D eigenvalue weighted by Crippen LogP contribution is 2.31. The number of para-hydroxylation sites is 1. The van der Waals surface area contributed by atoms with Gasteiger partial charge >= 0.3 is 0 Å². The number of nitrogens with zero attached hydrogens (tertiary/aromatic N) is 5. The monoisotopic (exact) mass is 449 g/mol. The van der Waals surface area contributed by atoms with Crippen molar-refractivity contribution >= 4 is 40.5 Å². The molecule has 0 aliphatic carbocycles. The molecule has 0 aliphatic rings. The number of halogens is 2. The van der Waals surface area contributed by atoms with Crippen LogP contribution in [-0.2, 0) is 0 Å². The van der Waals surface area contributed by atoms with E-state index in [1.165, 1.54) is 10.9 Å². The van der Waals surface area contributed by atoms with Gasteiger partial charge < -0.3 is 11.1 Å². The molecule has 4 rings (SSSR count). The molecule has 0 atom stereocenters. The minimum atomic E-state index is -0.709. The van der Waals surface area contributed by atoms with E-state index < -0.39 is 5.91 Å². The Morgan fingerprint density at radius 2 is 1.81 bits per heavy atom. The van der Waals surface area contributed by atoms with Crippen LogP contribution in [0.4, 0.5) is 11.4 Å². The van der Waals surface area contributed by atoms with Crippen LogP contribution in [0.15, 0.2) is 60.9 Å². The van der Waals surface area contributed by atoms with Crippen molar-refractivity contribution in [3.63, 3.8) is 0 Å². The number of amides is 1. The van der Waals surface area contributed by atoms with Crippen LogP contribution in [0.1, 0.15) is 16.1 Å². The van der Waals surface area contributed by atoms with Crippen molar-refractivity contribution in [3.8, 4) is 23.0 Å². The number of nitrogens with two attached hydrogens (primary N) is 1. The van der Waals surface area contributed by atoms with E-state index in [2.05, 4.69) is 26.7 Å². The van der Waals surface area contributed by atoms with Gasteiger partial charge in [-0.3, -0.25) is 4.79 Å². The number of aromatic nitrogens is 4. The maximum Gasteiger partial charge on any atom is 0.271 e. The number of anilines is 2. The van der Waals surface area contributed by atoms with Gasteiger partial charge in [0.05, 0.1) is 33.7 Å². The fourth-order valence-corrected chi connectivity index (χ4v) is 3.54. The number of nitriles is 1. The zero-order chi connectivity index (χ0) is 22.0. The first-order valence-electron chi connectivity index (χ1n) is 8.91. The molecule has 0 saturated heterocycles. The smallest absolute Gasteiger partial charge is 0.271 e. The second-order valence-electron chi connectivity index (χ2n) is 6.38. The number of hydrogen-bond donors (Lipinski definition) is 2.